The Morgan fingerprint density at radius 3 is 3.11 bits per heavy atom. The number of aliphatic hydroxyl groups is 1. The second-order valence-corrected chi connectivity index (χ2v) is 4.82. The molecule has 0 spiro atoms. The number of likely N-dealkylation sites (tertiary alicyclic amines) is 1. The Bertz CT molecular complexity index is 415. The first-order valence-electron chi connectivity index (χ1n) is 6.17. The Labute approximate surface area is 106 Å². The van der Waals surface area contributed by atoms with Gasteiger partial charge in [0.15, 0.2) is 0 Å². The standard InChI is InChI=1S/C13H19NO4/c1-9-3-5-14(7-11(9)15)8-12-10(4-6-18-12)13(16)17-2/h4,6,9,11,15H,3,5,7-8H2,1-2H3. The Balaban J connectivity index is 2.02. The molecule has 1 aliphatic rings. The smallest absolute Gasteiger partial charge is 0.341 e. The second-order valence-electron chi connectivity index (χ2n) is 4.82. The summed E-state index contributed by atoms with van der Waals surface area (Å²) in [6, 6.07) is 1.62. The Kier molecular flexibility index (Phi) is 4.04. The number of ether oxygens (including phenoxy) is 1. The maximum atomic E-state index is 11.5. The van der Waals surface area contributed by atoms with E-state index in [4.69, 9.17) is 9.15 Å². The van der Waals surface area contributed by atoms with Gasteiger partial charge in [-0.1, -0.05) is 6.92 Å². The van der Waals surface area contributed by atoms with Gasteiger partial charge in [0.1, 0.15) is 11.3 Å². The maximum Gasteiger partial charge on any atom is 0.341 e. The van der Waals surface area contributed by atoms with Crippen LogP contribution in [0.3, 0.4) is 0 Å². The van der Waals surface area contributed by atoms with E-state index >= 15 is 0 Å². The molecule has 100 valence electrons. The highest BCUT2D eigenvalue weighted by Gasteiger charge is 2.26. The van der Waals surface area contributed by atoms with Gasteiger partial charge in [0.2, 0.25) is 0 Å². The van der Waals surface area contributed by atoms with Crippen LogP contribution < -0.4 is 0 Å². The van der Waals surface area contributed by atoms with E-state index in [1.54, 1.807) is 6.07 Å². The number of β-amino-alcohol motifs (C(OH)–C–C–N with tert-alkyl or cyclic N) is 1. The van der Waals surface area contributed by atoms with Gasteiger partial charge in [-0.25, -0.2) is 4.79 Å². The normalized spacial score (nSPS) is 25.1. The molecule has 1 saturated heterocycles. The summed E-state index contributed by atoms with van der Waals surface area (Å²) in [4.78, 5) is 13.6. The summed E-state index contributed by atoms with van der Waals surface area (Å²) >= 11 is 0. The highest BCUT2D eigenvalue weighted by Crippen LogP contribution is 2.21. The summed E-state index contributed by atoms with van der Waals surface area (Å²) in [7, 11) is 1.35. The van der Waals surface area contributed by atoms with E-state index in [2.05, 4.69) is 11.8 Å². The van der Waals surface area contributed by atoms with Gasteiger partial charge in [-0.2, -0.15) is 0 Å². The van der Waals surface area contributed by atoms with Crippen LogP contribution in [0.15, 0.2) is 16.7 Å². The van der Waals surface area contributed by atoms with Crippen molar-refractivity contribution >= 4 is 5.97 Å². The predicted octanol–water partition coefficient (Wildman–Crippen LogP) is 1.27. The first kappa shape index (κ1) is 13.1. The Morgan fingerprint density at radius 2 is 2.44 bits per heavy atom. The molecule has 0 aliphatic carbocycles. The number of aliphatic hydroxyl groups excluding tert-OH is 1. The molecule has 1 aromatic rings. The molecule has 0 amide bonds. The summed E-state index contributed by atoms with van der Waals surface area (Å²) in [5, 5.41) is 9.84. The van der Waals surface area contributed by atoms with Crippen molar-refractivity contribution in [3.05, 3.63) is 23.7 Å². The molecule has 1 fully saturated rings. The number of furan rings is 1. The highest BCUT2D eigenvalue weighted by atomic mass is 16.5. The van der Waals surface area contributed by atoms with Crippen molar-refractivity contribution < 1.29 is 19.1 Å². The van der Waals surface area contributed by atoms with Gasteiger partial charge >= 0.3 is 5.97 Å². The Morgan fingerprint density at radius 1 is 1.67 bits per heavy atom. The molecule has 1 N–H and O–H groups in total. The third kappa shape index (κ3) is 2.73. The number of rotatable bonds is 3. The fourth-order valence-electron chi connectivity index (χ4n) is 2.22. The summed E-state index contributed by atoms with van der Waals surface area (Å²) in [6.45, 7) is 4.10. The fraction of sp³-hybridized carbons (Fsp3) is 0.615. The van der Waals surface area contributed by atoms with E-state index in [1.165, 1.54) is 13.4 Å². The van der Waals surface area contributed by atoms with Crippen LogP contribution in [0, 0.1) is 5.92 Å². The van der Waals surface area contributed by atoms with Crippen LogP contribution in [0.4, 0.5) is 0 Å². The summed E-state index contributed by atoms with van der Waals surface area (Å²) in [6.07, 6.45) is 2.13. The van der Waals surface area contributed by atoms with E-state index in [0.717, 1.165) is 13.0 Å². The van der Waals surface area contributed by atoms with E-state index in [1.807, 2.05) is 0 Å². The molecule has 0 radical (unpaired) electrons. The molecule has 2 rings (SSSR count). The van der Waals surface area contributed by atoms with Crippen molar-refractivity contribution in [2.75, 3.05) is 20.2 Å². The minimum atomic E-state index is -0.385. The molecule has 1 aliphatic heterocycles. The van der Waals surface area contributed by atoms with Gasteiger partial charge in [-0.3, -0.25) is 4.90 Å². The van der Waals surface area contributed by atoms with Crippen LogP contribution in [0.2, 0.25) is 0 Å². The first-order valence-corrected chi connectivity index (χ1v) is 6.17. The van der Waals surface area contributed by atoms with Crippen LogP contribution in [-0.2, 0) is 11.3 Å². The highest BCUT2D eigenvalue weighted by molar-refractivity contribution is 5.90. The van der Waals surface area contributed by atoms with Crippen molar-refractivity contribution in [3.8, 4) is 0 Å². The SMILES string of the molecule is COC(=O)c1ccoc1CN1CCC(C)C(O)C1. The summed E-state index contributed by atoms with van der Waals surface area (Å²) in [5.74, 6) is 0.547. The number of carbonyl (C=O) groups is 1. The summed E-state index contributed by atoms with van der Waals surface area (Å²) < 4.78 is 10.0. The number of piperidine rings is 1. The quantitative estimate of drug-likeness (QED) is 0.822. The number of nitrogens with zero attached hydrogens (tertiary/aromatic N) is 1. The van der Waals surface area contributed by atoms with E-state index in [-0.39, 0.29) is 12.1 Å². The molecule has 18 heavy (non-hydrogen) atoms. The van der Waals surface area contributed by atoms with E-state index < -0.39 is 0 Å². The minimum Gasteiger partial charge on any atom is -0.467 e. The third-order valence-electron chi connectivity index (χ3n) is 3.52. The largest absolute Gasteiger partial charge is 0.467 e. The van der Waals surface area contributed by atoms with Gasteiger partial charge in [-0.15, -0.1) is 0 Å². The van der Waals surface area contributed by atoms with Crippen molar-refractivity contribution in [2.24, 2.45) is 5.92 Å². The summed E-state index contributed by atoms with van der Waals surface area (Å²) in [5.41, 5.74) is 0.464. The predicted molar refractivity (Wildman–Crippen MR) is 65.1 cm³/mol. The van der Waals surface area contributed by atoms with Crippen molar-refractivity contribution in [1.82, 2.24) is 4.90 Å². The number of hydrogen-bond donors (Lipinski definition) is 1. The lowest BCUT2D eigenvalue weighted by molar-refractivity contribution is 0.0231. The molecular weight excluding hydrogens is 234 g/mol. The molecule has 2 unspecified atom stereocenters. The monoisotopic (exact) mass is 253 g/mol. The zero-order valence-corrected chi connectivity index (χ0v) is 10.8. The zero-order chi connectivity index (χ0) is 13.1. The van der Waals surface area contributed by atoms with E-state index in [9.17, 15) is 9.90 Å². The molecule has 5 heteroatoms. The van der Waals surface area contributed by atoms with Crippen LogP contribution in [0.1, 0.15) is 29.5 Å². The average molecular weight is 253 g/mol. The second kappa shape index (κ2) is 5.54. The van der Waals surface area contributed by atoms with Gasteiger partial charge < -0.3 is 14.3 Å². The number of carbonyl (C=O) groups excluding carboxylic acids is 1. The van der Waals surface area contributed by atoms with Gasteiger partial charge in [0, 0.05) is 6.54 Å². The zero-order valence-electron chi connectivity index (χ0n) is 10.8. The van der Waals surface area contributed by atoms with Gasteiger partial charge in [0.25, 0.3) is 0 Å². The third-order valence-corrected chi connectivity index (χ3v) is 3.52. The van der Waals surface area contributed by atoms with Crippen LogP contribution >= 0.6 is 0 Å². The van der Waals surface area contributed by atoms with Crippen molar-refractivity contribution in [3.63, 3.8) is 0 Å². The molecule has 5 nitrogen and oxygen atoms in total. The Hall–Kier alpha value is -1.33. The van der Waals surface area contributed by atoms with Crippen molar-refractivity contribution in [1.29, 1.82) is 0 Å². The van der Waals surface area contributed by atoms with Crippen LogP contribution in [-0.4, -0.2) is 42.3 Å². The van der Waals surface area contributed by atoms with Crippen LogP contribution in [0.25, 0.3) is 0 Å². The van der Waals surface area contributed by atoms with Gasteiger partial charge in [0.05, 0.1) is 26.0 Å². The van der Waals surface area contributed by atoms with E-state index in [0.29, 0.717) is 30.3 Å². The molecular formula is C13H19NO4. The van der Waals surface area contributed by atoms with Crippen LogP contribution in [0.5, 0.6) is 0 Å². The molecule has 2 atom stereocenters. The number of hydrogen-bond acceptors (Lipinski definition) is 5. The molecule has 0 saturated carbocycles. The number of methoxy groups -OCH3 is 1. The molecule has 2 heterocycles. The molecule has 0 aromatic carbocycles. The number of esters is 1. The maximum absolute atomic E-state index is 11.5. The van der Waals surface area contributed by atoms with Gasteiger partial charge in [-0.05, 0) is 24.9 Å². The first-order chi connectivity index (χ1) is 8.61. The topological polar surface area (TPSA) is 62.9 Å². The lowest BCUT2D eigenvalue weighted by atomic mass is 9.96. The minimum absolute atomic E-state index is 0.310. The molecule has 1 aromatic heterocycles. The average Bonchev–Trinajstić information content (AvgIpc) is 2.81. The fourth-order valence-corrected chi connectivity index (χ4v) is 2.22. The molecule has 0 bridgehead atoms. The van der Waals surface area contributed by atoms with Crippen molar-refractivity contribution in [2.45, 2.75) is 26.0 Å². The lowest BCUT2D eigenvalue weighted by Gasteiger charge is -2.33. The lowest BCUT2D eigenvalue weighted by Crippen LogP contribution is -2.42.